The Balaban J connectivity index is 2.07. The molecule has 0 bridgehead atoms. The van der Waals surface area contributed by atoms with Crippen molar-refractivity contribution in [2.45, 2.75) is 0 Å². The molecule has 17 heavy (non-hydrogen) atoms. The topological polar surface area (TPSA) is 58.6 Å². The highest BCUT2D eigenvalue weighted by Gasteiger charge is 2.16. The Labute approximate surface area is 97.5 Å². The van der Waals surface area contributed by atoms with Gasteiger partial charge in [0, 0.05) is 11.6 Å². The highest BCUT2D eigenvalue weighted by molar-refractivity contribution is 5.82. The van der Waals surface area contributed by atoms with E-state index in [-0.39, 0.29) is 5.75 Å². The zero-order valence-corrected chi connectivity index (χ0v) is 8.81. The van der Waals surface area contributed by atoms with E-state index >= 15 is 0 Å². The second-order valence-corrected chi connectivity index (χ2v) is 3.78. The molecular formula is C13H9NO3. The summed E-state index contributed by atoms with van der Waals surface area (Å²) < 4.78 is 5.62. The van der Waals surface area contributed by atoms with Crippen molar-refractivity contribution >= 4 is 17.7 Å². The van der Waals surface area contributed by atoms with E-state index in [2.05, 4.69) is 5.32 Å². The van der Waals surface area contributed by atoms with Gasteiger partial charge in [-0.25, -0.2) is 0 Å². The number of aldehydes is 1. The van der Waals surface area contributed by atoms with Gasteiger partial charge >= 0.3 is 0 Å². The molecular weight excluding hydrogens is 218 g/mol. The SMILES string of the molecule is O=Cc1ccc2c(c1)Oc1cc(O)ccc1N2. The van der Waals surface area contributed by atoms with E-state index in [1.54, 1.807) is 30.3 Å². The van der Waals surface area contributed by atoms with Gasteiger partial charge in [0.15, 0.2) is 11.5 Å². The van der Waals surface area contributed by atoms with Gasteiger partial charge in [-0.2, -0.15) is 0 Å². The van der Waals surface area contributed by atoms with Crippen LogP contribution in [0.25, 0.3) is 0 Å². The molecule has 0 saturated heterocycles. The minimum atomic E-state index is 0.139. The third kappa shape index (κ3) is 1.59. The fraction of sp³-hybridized carbons (Fsp3) is 0. The van der Waals surface area contributed by atoms with E-state index in [0.717, 1.165) is 17.7 Å². The summed E-state index contributed by atoms with van der Waals surface area (Å²) in [6.07, 6.45) is 0.765. The van der Waals surface area contributed by atoms with Gasteiger partial charge in [-0.15, -0.1) is 0 Å². The number of phenolic OH excluding ortho intramolecular Hbond substituents is 1. The Kier molecular flexibility index (Phi) is 2.01. The molecule has 2 aromatic carbocycles. The predicted molar refractivity (Wildman–Crippen MR) is 63.3 cm³/mol. The number of ether oxygens (including phenoxy) is 1. The molecule has 4 heteroatoms. The molecule has 0 unspecified atom stereocenters. The first-order valence-corrected chi connectivity index (χ1v) is 5.13. The van der Waals surface area contributed by atoms with Gasteiger partial charge in [-0.05, 0) is 30.3 Å². The lowest BCUT2D eigenvalue weighted by Crippen LogP contribution is -2.02. The molecule has 2 N–H and O–H groups in total. The normalized spacial score (nSPS) is 11.8. The fourth-order valence-corrected chi connectivity index (χ4v) is 1.76. The number of anilines is 2. The van der Waals surface area contributed by atoms with Crippen LogP contribution in [0.5, 0.6) is 17.2 Å². The molecule has 1 heterocycles. The van der Waals surface area contributed by atoms with Crippen molar-refractivity contribution in [1.29, 1.82) is 0 Å². The Morgan fingerprint density at radius 2 is 1.76 bits per heavy atom. The summed E-state index contributed by atoms with van der Waals surface area (Å²) in [6, 6.07) is 10.0. The van der Waals surface area contributed by atoms with Crippen molar-refractivity contribution < 1.29 is 14.6 Å². The van der Waals surface area contributed by atoms with Crippen LogP contribution in [0, 0.1) is 0 Å². The molecule has 0 fully saturated rings. The van der Waals surface area contributed by atoms with Gasteiger partial charge in [0.05, 0.1) is 11.4 Å². The van der Waals surface area contributed by atoms with E-state index < -0.39 is 0 Å². The first-order chi connectivity index (χ1) is 8.26. The van der Waals surface area contributed by atoms with Crippen LogP contribution in [0.1, 0.15) is 10.4 Å². The van der Waals surface area contributed by atoms with Gasteiger partial charge < -0.3 is 15.2 Å². The second-order valence-electron chi connectivity index (χ2n) is 3.78. The van der Waals surface area contributed by atoms with Crippen molar-refractivity contribution in [2.75, 3.05) is 5.32 Å². The van der Waals surface area contributed by atoms with Crippen molar-refractivity contribution in [2.24, 2.45) is 0 Å². The molecule has 84 valence electrons. The molecule has 0 amide bonds. The maximum Gasteiger partial charge on any atom is 0.154 e. The van der Waals surface area contributed by atoms with Crippen molar-refractivity contribution in [3.05, 3.63) is 42.0 Å². The number of carbonyl (C=O) groups excluding carboxylic acids is 1. The van der Waals surface area contributed by atoms with Crippen molar-refractivity contribution in [3.63, 3.8) is 0 Å². The average molecular weight is 227 g/mol. The number of nitrogens with one attached hydrogen (secondary N) is 1. The van der Waals surface area contributed by atoms with Crippen LogP contribution < -0.4 is 10.1 Å². The Bertz CT molecular complexity index is 608. The van der Waals surface area contributed by atoms with Crippen LogP contribution in [0.15, 0.2) is 36.4 Å². The number of benzene rings is 2. The third-order valence-electron chi connectivity index (χ3n) is 2.60. The quantitative estimate of drug-likeness (QED) is 0.495. The van der Waals surface area contributed by atoms with Crippen LogP contribution in [0.2, 0.25) is 0 Å². The summed E-state index contributed by atoms with van der Waals surface area (Å²) in [7, 11) is 0. The molecule has 0 aromatic heterocycles. The average Bonchev–Trinajstić information content (AvgIpc) is 2.35. The number of carbonyl (C=O) groups is 1. The number of aromatic hydroxyl groups is 1. The Hall–Kier alpha value is -2.49. The zero-order valence-electron chi connectivity index (χ0n) is 8.81. The molecule has 0 atom stereocenters. The lowest BCUT2D eigenvalue weighted by molar-refractivity contribution is 0.112. The van der Waals surface area contributed by atoms with Crippen molar-refractivity contribution in [1.82, 2.24) is 0 Å². The largest absolute Gasteiger partial charge is 0.508 e. The van der Waals surface area contributed by atoms with Crippen LogP contribution in [-0.2, 0) is 0 Å². The lowest BCUT2D eigenvalue weighted by Gasteiger charge is -2.21. The van der Waals surface area contributed by atoms with E-state index in [9.17, 15) is 9.90 Å². The number of phenols is 1. The first kappa shape index (κ1) is 9.72. The number of rotatable bonds is 1. The van der Waals surface area contributed by atoms with E-state index in [4.69, 9.17) is 4.74 Å². The van der Waals surface area contributed by atoms with Crippen LogP contribution >= 0.6 is 0 Å². The number of hydrogen-bond donors (Lipinski definition) is 2. The number of hydrogen-bond acceptors (Lipinski definition) is 4. The fourth-order valence-electron chi connectivity index (χ4n) is 1.76. The van der Waals surface area contributed by atoms with Gasteiger partial charge in [0.25, 0.3) is 0 Å². The smallest absolute Gasteiger partial charge is 0.154 e. The maximum absolute atomic E-state index is 10.7. The van der Waals surface area contributed by atoms with Gasteiger partial charge in [-0.1, -0.05) is 0 Å². The maximum atomic E-state index is 10.7. The Morgan fingerprint density at radius 3 is 2.53 bits per heavy atom. The minimum Gasteiger partial charge on any atom is -0.508 e. The summed E-state index contributed by atoms with van der Waals surface area (Å²) in [5.74, 6) is 1.26. The molecule has 0 spiro atoms. The predicted octanol–water partition coefficient (Wildman–Crippen LogP) is 3.05. The molecule has 0 saturated carbocycles. The highest BCUT2D eigenvalue weighted by Crippen LogP contribution is 2.43. The first-order valence-electron chi connectivity index (χ1n) is 5.13. The molecule has 2 aromatic rings. The van der Waals surface area contributed by atoms with Crippen LogP contribution in [-0.4, -0.2) is 11.4 Å². The molecule has 0 aliphatic carbocycles. The highest BCUT2D eigenvalue weighted by atomic mass is 16.5. The third-order valence-corrected chi connectivity index (χ3v) is 2.60. The molecule has 3 rings (SSSR count). The standard InChI is InChI=1S/C13H9NO3/c15-7-8-1-3-10-12(5-8)17-13-6-9(16)2-4-11(13)14-10/h1-7,14,16H. The van der Waals surface area contributed by atoms with Crippen LogP contribution in [0.3, 0.4) is 0 Å². The van der Waals surface area contributed by atoms with E-state index in [0.29, 0.717) is 17.1 Å². The second kappa shape index (κ2) is 3.52. The summed E-state index contributed by atoms with van der Waals surface area (Å²) in [5, 5.41) is 12.5. The van der Waals surface area contributed by atoms with Gasteiger partial charge in [0.2, 0.25) is 0 Å². The van der Waals surface area contributed by atoms with Crippen molar-refractivity contribution in [3.8, 4) is 17.2 Å². The summed E-state index contributed by atoms with van der Waals surface area (Å²) in [4.78, 5) is 10.7. The van der Waals surface area contributed by atoms with Gasteiger partial charge in [0.1, 0.15) is 12.0 Å². The summed E-state index contributed by atoms with van der Waals surface area (Å²) >= 11 is 0. The summed E-state index contributed by atoms with van der Waals surface area (Å²) in [5.41, 5.74) is 2.14. The number of fused-ring (bicyclic) bond motifs is 2. The minimum absolute atomic E-state index is 0.139. The molecule has 4 nitrogen and oxygen atoms in total. The molecule has 1 aliphatic rings. The summed E-state index contributed by atoms with van der Waals surface area (Å²) in [6.45, 7) is 0. The Morgan fingerprint density at radius 1 is 1.06 bits per heavy atom. The van der Waals surface area contributed by atoms with E-state index in [1.807, 2.05) is 0 Å². The van der Waals surface area contributed by atoms with Gasteiger partial charge in [-0.3, -0.25) is 4.79 Å². The monoisotopic (exact) mass is 227 g/mol. The van der Waals surface area contributed by atoms with Crippen LogP contribution in [0.4, 0.5) is 11.4 Å². The van der Waals surface area contributed by atoms with E-state index in [1.165, 1.54) is 6.07 Å². The zero-order chi connectivity index (χ0) is 11.8. The molecule has 0 radical (unpaired) electrons. The molecule has 1 aliphatic heterocycles. The lowest BCUT2D eigenvalue weighted by atomic mass is 10.1.